The Kier molecular flexibility index (Phi) is 4.45. The van der Waals surface area contributed by atoms with Crippen molar-refractivity contribution < 1.29 is 17.9 Å². The van der Waals surface area contributed by atoms with Crippen LogP contribution in [0.1, 0.15) is 52.0 Å². The van der Waals surface area contributed by atoms with Crippen molar-refractivity contribution in [2.45, 2.75) is 62.2 Å². The van der Waals surface area contributed by atoms with E-state index in [9.17, 15) is 13.2 Å². The van der Waals surface area contributed by atoms with Crippen LogP contribution in [0.15, 0.2) is 34.2 Å². The van der Waals surface area contributed by atoms with E-state index in [2.05, 4.69) is 25.8 Å². The van der Waals surface area contributed by atoms with Crippen LogP contribution in [0.25, 0.3) is 0 Å². The van der Waals surface area contributed by atoms with Crippen LogP contribution in [-0.4, -0.2) is 37.5 Å². The summed E-state index contributed by atoms with van der Waals surface area (Å²) in [6, 6.07) is 6.79. The molecule has 0 spiro atoms. The molecule has 2 heterocycles. The van der Waals surface area contributed by atoms with Crippen molar-refractivity contribution in [1.29, 1.82) is 0 Å². The second-order valence-electron chi connectivity index (χ2n) is 8.58. The first-order valence-electron chi connectivity index (χ1n) is 9.89. The maximum atomic E-state index is 13.4. The van der Waals surface area contributed by atoms with Crippen molar-refractivity contribution in [2.75, 3.05) is 6.54 Å². The molecule has 1 aromatic rings. The summed E-state index contributed by atoms with van der Waals surface area (Å²) in [4.78, 5) is 18.0. The average molecular weight is 390 g/mol. The zero-order valence-corrected chi connectivity index (χ0v) is 17.0. The third-order valence-corrected chi connectivity index (χ3v) is 8.96. The minimum absolute atomic E-state index is 0.174. The fraction of sp³-hybridized carbons (Fsp3) is 0.619. The lowest BCUT2D eigenvalue weighted by Gasteiger charge is -2.38. The van der Waals surface area contributed by atoms with Crippen LogP contribution in [0.5, 0.6) is 0 Å². The summed E-state index contributed by atoms with van der Waals surface area (Å²) >= 11 is 0. The van der Waals surface area contributed by atoms with Crippen molar-refractivity contribution in [3.05, 3.63) is 29.8 Å². The van der Waals surface area contributed by atoms with E-state index >= 15 is 0 Å². The number of hydrogen-bond donors (Lipinski definition) is 0. The maximum Gasteiger partial charge on any atom is 0.334 e. The molecule has 4 unspecified atom stereocenters. The number of esters is 1. The molecule has 1 fully saturated rings. The Morgan fingerprint density at radius 2 is 2.00 bits per heavy atom. The molecule has 6 heteroatoms. The quantitative estimate of drug-likeness (QED) is 0.743. The number of aliphatic imine (C=N–C) groups is 1. The fourth-order valence-electron chi connectivity index (χ4n) is 5.01. The molecular weight excluding hydrogens is 362 g/mol. The van der Waals surface area contributed by atoms with Gasteiger partial charge in [-0.1, -0.05) is 39.0 Å². The van der Waals surface area contributed by atoms with Crippen molar-refractivity contribution in [2.24, 2.45) is 22.7 Å². The molecule has 1 aromatic carbocycles. The van der Waals surface area contributed by atoms with Crippen molar-refractivity contribution in [1.82, 2.24) is 0 Å². The van der Waals surface area contributed by atoms with Gasteiger partial charge in [0.25, 0.3) is 0 Å². The second kappa shape index (κ2) is 6.43. The summed E-state index contributed by atoms with van der Waals surface area (Å²) in [7, 11) is -3.85. The number of hydrogen-bond acceptors (Lipinski definition) is 5. The number of ether oxygens (including phenoxy) is 1. The van der Waals surface area contributed by atoms with Gasteiger partial charge in [0.2, 0.25) is 14.6 Å². The highest BCUT2D eigenvalue weighted by molar-refractivity contribution is 7.95. The number of nitrogens with zero attached hydrogens (tertiary/aromatic N) is 1. The first-order chi connectivity index (χ1) is 12.8. The van der Waals surface area contributed by atoms with Crippen LogP contribution in [0.3, 0.4) is 0 Å². The Bertz CT molecular complexity index is 905. The van der Waals surface area contributed by atoms with Gasteiger partial charge >= 0.3 is 5.97 Å². The molecule has 146 valence electrons. The summed E-state index contributed by atoms with van der Waals surface area (Å²) in [6.07, 6.45) is 2.77. The van der Waals surface area contributed by atoms with Gasteiger partial charge in [-0.2, -0.15) is 0 Å². The zero-order chi connectivity index (χ0) is 19.4. The molecule has 4 atom stereocenters. The zero-order valence-electron chi connectivity index (χ0n) is 16.1. The minimum atomic E-state index is -3.85. The lowest BCUT2D eigenvalue weighted by molar-refractivity contribution is -0.156. The van der Waals surface area contributed by atoms with Gasteiger partial charge in [0.15, 0.2) is 0 Å². The van der Waals surface area contributed by atoms with E-state index in [1.165, 1.54) is 0 Å². The van der Waals surface area contributed by atoms with Gasteiger partial charge in [-0.05, 0) is 43.1 Å². The fourth-order valence-corrected chi connectivity index (χ4v) is 7.15. The molecule has 5 nitrogen and oxygen atoms in total. The van der Waals surface area contributed by atoms with Crippen LogP contribution in [0.2, 0.25) is 0 Å². The molecule has 3 aliphatic rings. The van der Waals surface area contributed by atoms with Crippen LogP contribution >= 0.6 is 0 Å². The molecule has 0 bridgehead atoms. The van der Waals surface area contributed by atoms with Gasteiger partial charge < -0.3 is 4.74 Å². The predicted molar refractivity (Wildman–Crippen MR) is 104 cm³/mol. The Labute approximate surface area is 161 Å². The Morgan fingerprint density at radius 1 is 1.26 bits per heavy atom. The molecular formula is C21H27NO4S. The summed E-state index contributed by atoms with van der Waals surface area (Å²) in [6.45, 7) is 6.86. The van der Waals surface area contributed by atoms with E-state index < -0.39 is 20.6 Å². The van der Waals surface area contributed by atoms with Gasteiger partial charge in [0.05, 0.1) is 10.6 Å². The maximum absolute atomic E-state index is 13.4. The highest BCUT2D eigenvalue weighted by Crippen LogP contribution is 2.46. The largest absolute Gasteiger partial charge is 0.461 e. The van der Waals surface area contributed by atoms with E-state index in [1.807, 2.05) is 0 Å². The number of benzene rings is 1. The Morgan fingerprint density at radius 3 is 2.74 bits per heavy atom. The van der Waals surface area contributed by atoms with E-state index in [0.717, 1.165) is 19.3 Å². The van der Waals surface area contributed by atoms with E-state index in [0.29, 0.717) is 29.7 Å². The van der Waals surface area contributed by atoms with Crippen molar-refractivity contribution >= 4 is 21.5 Å². The lowest BCUT2D eigenvalue weighted by Crippen LogP contribution is -2.51. The Hall–Kier alpha value is -1.69. The highest BCUT2D eigenvalue weighted by Gasteiger charge is 2.64. The van der Waals surface area contributed by atoms with Gasteiger partial charge in [-0.25, -0.2) is 13.2 Å². The van der Waals surface area contributed by atoms with E-state index in [4.69, 9.17) is 4.74 Å². The third-order valence-electron chi connectivity index (χ3n) is 6.55. The molecule has 1 saturated carbocycles. The molecule has 0 amide bonds. The molecule has 0 saturated heterocycles. The summed E-state index contributed by atoms with van der Waals surface area (Å²) in [5.74, 6) is 0.633. The van der Waals surface area contributed by atoms with E-state index in [1.54, 1.807) is 24.3 Å². The van der Waals surface area contributed by atoms with Crippen molar-refractivity contribution in [3.8, 4) is 0 Å². The number of sulfone groups is 1. The monoisotopic (exact) mass is 389 g/mol. The van der Waals surface area contributed by atoms with Gasteiger partial charge in [0.1, 0.15) is 6.10 Å². The Balaban J connectivity index is 1.69. The minimum Gasteiger partial charge on any atom is -0.461 e. The molecule has 2 aliphatic heterocycles. The van der Waals surface area contributed by atoms with Crippen LogP contribution in [0.4, 0.5) is 0 Å². The SMILES string of the molecule is CC1CCC(OC(=O)C23CCN=C2c2ccccc2S3(=O)=O)C(C(C)C)C1. The predicted octanol–water partition coefficient (Wildman–Crippen LogP) is 3.41. The normalized spacial score (nSPS) is 34.1. The summed E-state index contributed by atoms with van der Waals surface area (Å²) in [5, 5.41) is 0. The van der Waals surface area contributed by atoms with Crippen LogP contribution < -0.4 is 0 Å². The smallest absolute Gasteiger partial charge is 0.334 e. The number of carbonyl (C=O) groups excluding carboxylic acids is 1. The molecule has 27 heavy (non-hydrogen) atoms. The third kappa shape index (κ3) is 2.59. The molecule has 0 N–H and O–H groups in total. The standard InChI is InChI=1S/C21H27NO4S/c1-13(2)16-12-14(3)8-9-17(16)26-20(23)21-10-11-22-19(21)15-6-4-5-7-18(15)27(21,24)25/h4-7,13-14,16-17H,8-12H2,1-3H3. The number of carbonyl (C=O) groups is 1. The molecule has 0 radical (unpaired) electrons. The molecule has 4 rings (SSSR count). The topological polar surface area (TPSA) is 72.8 Å². The molecule has 1 aliphatic carbocycles. The van der Waals surface area contributed by atoms with Gasteiger partial charge in [-0.3, -0.25) is 4.99 Å². The molecule has 0 aromatic heterocycles. The second-order valence-corrected chi connectivity index (χ2v) is 10.7. The summed E-state index contributed by atoms with van der Waals surface area (Å²) < 4.78 is 31.0. The first kappa shape index (κ1) is 18.7. The number of fused-ring (bicyclic) bond motifs is 3. The highest BCUT2D eigenvalue weighted by atomic mass is 32.2. The first-order valence-corrected chi connectivity index (χ1v) is 11.4. The van der Waals surface area contributed by atoms with Crippen LogP contribution in [0, 0.1) is 17.8 Å². The average Bonchev–Trinajstić information content (AvgIpc) is 3.16. The lowest BCUT2D eigenvalue weighted by atomic mass is 9.75. The summed E-state index contributed by atoms with van der Waals surface area (Å²) in [5.41, 5.74) is 0.943. The van der Waals surface area contributed by atoms with Crippen LogP contribution in [-0.2, 0) is 19.4 Å². The van der Waals surface area contributed by atoms with E-state index in [-0.39, 0.29) is 23.3 Å². The van der Waals surface area contributed by atoms with Gasteiger partial charge in [0, 0.05) is 18.5 Å². The van der Waals surface area contributed by atoms with Crippen molar-refractivity contribution in [3.63, 3.8) is 0 Å². The van der Waals surface area contributed by atoms with Gasteiger partial charge in [-0.15, -0.1) is 0 Å². The number of rotatable bonds is 3.